The van der Waals surface area contributed by atoms with Crippen LogP contribution in [-0.4, -0.2) is 27.8 Å². The third-order valence-corrected chi connectivity index (χ3v) is 4.35. The van der Waals surface area contributed by atoms with E-state index in [9.17, 15) is 4.79 Å². The SMILES string of the molecule is COc1cc(C2(C)CCc3nc(Cl)ccc3C2=O)nc(C)n1. The summed E-state index contributed by atoms with van der Waals surface area (Å²) in [5, 5.41) is 0.412. The van der Waals surface area contributed by atoms with Crippen molar-refractivity contribution in [1.82, 2.24) is 15.0 Å². The van der Waals surface area contributed by atoms with Gasteiger partial charge in [-0.2, -0.15) is 4.98 Å². The smallest absolute Gasteiger partial charge is 0.216 e. The van der Waals surface area contributed by atoms with Gasteiger partial charge in [0.25, 0.3) is 0 Å². The van der Waals surface area contributed by atoms with E-state index in [1.165, 1.54) is 0 Å². The first kappa shape index (κ1) is 14.9. The van der Waals surface area contributed by atoms with Crippen LogP contribution in [0.4, 0.5) is 0 Å². The number of carbonyl (C=O) groups is 1. The van der Waals surface area contributed by atoms with Gasteiger partial charge in [0.1, 0.15) is 11.0 Å². The van der Waals surface area contributed by atoms with Gasteiger partial charge in [-0.25, -0.2) is 9.97 Å². The van der Waals surface area contributed by atoms with Crippen LogP contribution in [0.25, 0.3) is 0 Å². The summed E-state index contributed by atoms with van der Waals surface area (Å²) >= 11 is 5.91. The van der Waals surface area contributed by atoms with Crippen LogP contribution in [-0.2, 0) is 11.8 Å². The Labute approximate surface area is 133 Å². The minimum Gasteiger partial charge on any atom is -0.481 e. The first-order valence-corrected chi connectivity index (χ1v) is 7.42. The molecule has 0 saturated heterocycles. The zero-order valence-electron chi connectivity index (χ0n) is 12.7. The van der Waals surface area contributed by atoms with Crippen molar-refractivity contribution in [3.8, 4) is 5.88 Å². The van der Waals surface area contributed by atoms with Crippen LogP contribution in [0, 0.1) is 6.92 Å². The summed E-state index contributed by atoms with van der Waals surface area (Å²) < 4.78 is 5.20. The maximum Gasteiger partial charge on any atom is 0.216 e. The Hall–Kier alpha value is -2.01. The molecule has 1 aliphatic rings. The molecule has 2 aromatic rings. The second kappa shape index (κ2) is 5.32. The number of rotatable bonds is 2. The highest BCUT2D eigenvalue weighted by Crippen LogP contribution is 2.38. The number of aryl methyl sites for hydroxylation is 2. The maximum atomic E-state index is 13.0. The van der Waals surface area contributed by atoms with E-state index in [0.717, 1.165) is 5.69 Å². The number of aromatic nitrogens is 3. The van der Waals surface area contributed by atoms with Crippen LogP contribution in [0.15, 0.2) is 18.2 Å². The van der Waals surface area contributed by atoms with Crippen molar-refractivity contribution in [2.45, 2.75) is 32.1 Å². The van der Waals surface area contributed by atoms with E-state index in [0.29, 0.717) is 41.0 Å². The Kier molecular flexibility index (Phi) is 3.60. The Morgan fingerprint density at radius 1 is 1.27 bits per heavy atom. The molecule has 0 amide bonds. The van der Waals surface area contributed by atoms with Crippen molar-refractivity contribution < 1.29 is 9.53 Å². The minimum atomic E-state index is -0.705. The molecule has 2 heterocycles. The van der Waals surface area contributed by atoms with E-state index < -0.39 is 5.41 Å². The summed E-state index contributed by atoms with van der Waals surface area (Å²) in [6, 6.07) is 5.13. The second-order valence-corrected chi connectivity index (χ2v) is 6.02. The minimum absolute atomic E-state index is 0.0121. The van der Waals surface area contributed by atoms with Crippen LogP contribution in [0.5, 0.6) is 5.88 Å². The van der Waals surface area contributed by atoms with Crippen molar-refractivity contribution >= 4 is 17.4 Å². The third-order valence-electron chi connectivity index (χ3n) is 4.14. The van der Waals surface area contributed by atoms with E-state index in [-0.39, 0.29) is 5.78 Å². The number of halogens is 1. The first-order chi connectivity index (χ1) is 10.4. The van der Waals surface area contributed by atoms with Crippen LogP contribution in [0.1, 0.15) is 40.9 Å². The lowest BCUT2D eigenvalue weighted by Crippen LogP contribution is -2.38. The van der Waals surface area contributed by atoms with Crippen LogP contribution >= 0.6 is 11.6 Å². The number of ketones is 1. The molecule has 1 atom stereocenters. The molecule has 0 bridgehead atoms. The number of hydrogen-bond donors (Lipinski definition) is 0. The van der Waals surface area contributed by atoms with Gasteiger partial charge in [-0.1, -0.05) is 11.6 Å². The number of methoxy groups -OCH3 is 1. The standard InChI is InChI=1S/C16H16ClN3O2/c1-9-18-12(8-14(19-9)22-3)16(2)7-6-11-10(15(16)21)4-5-13(17)20-11/h4-5,8H,6-7H2,1-3H3. The average Bonchev–Trinajstić information content (AvgIpc) is 2.50. The highest BCUT2D eigenvalue weighted by atomic mass is 35.5. The fourth-order valence-corrected chi connectivity index (χ4v) is 2.99. The van der Waals surface area contributed by atoms with E-state index in [2.05, 4.69) is 15.0 Å². The normalized spacial score (nSPS) is 20.6. The lowest BCUT2D eigenvalue weighted by molar-refractivity contribution is 0.0870. The molecule has 2 aromatic heterocycles. The molecule has 0 aromatic carbocycles. The Morgan fingerprint density at radius 3 is 2.77 bits per heavy atom. The number of nitrogens with zero attached hydrogens (tertiary/aromatic N) is 3. The summed E-state index contributed by atoms with van der Waals surface area (Å²) in [6.45, 7) is 3.70. The Morgan fingerprint density at radius 2 is 2.05 bits per heavy atom. The molecular formula is C16H16ClN3O2. The molecule has 6 heteroatoms. The lowest BCUT2D eigenvalue weighted by atomic mass is 9.71. The van der Waals surface area contributed by atoms with Crippen molar-refractivity contribution in [1.29, 1.82) is 0 Å². The largest absolute Gasteiger partial charge is 0.481 e. The molecule has 0 aliphatic heterocycles. The number of fused-ring (bicyclic) bond motifs is 1. The monoisotopic (exact) mass is 317 g/mol. The molecular weight excluding hydrogens is 302 g/mol. The number of hydrogen-bond acceptors (Lipinski definition) is 5. The predicted molar refractivity (Wildman–Crippen MR) is 82.6 cm³/mol. The van der Waals surface area contributed by atoms with Crippen molar-refractivity contribution in [2.24, 2.45) is 0 Å². The molecule has 1 aliphatic carbocycles. The van der Waals surface area contributed by atoms with Gasteiger partial charge in [0, 0.05) is 11.6 Å². The van der Waals surface area contributed by atoms with Crippen molar-refractivity contribution in [3.63, 3.8) is 0 Å². The number of ether oxygens (including phenoxy) is 1. The summed E-state index contributed by atoms with van der Waals surface area (Å²) in [7, 11) is 1.55. The van der Waals surface area contributed by atoms with Gasteiger partial charge in [0.2, 0.25) is 5.88 Å². The van der Waals surface area contributed by atoms with Crippen LogP contribution in [0.3, 0.4) is 0 Å². The molecule has 3 rings (SSSR count). The summed E-state index contributed by atoms with van der Waals surface area (Å²) in [5.41, 5.74) is 1.35. The molecule has 0 fully saturated rings. The number of carbonyl (C=O) groups excluding carboxylic acids is 1. The molecule has 22 heavy (non-hydrogen) atoms. The van der Waals surface area contributed by atoms with Gasteiger partial charge in [-0.05, 0) is 38.8 Å². The quantitative estimate of drug-likeness (QED) is 0.797. The zero-order chi connectivity index (χ0) is 15.9. The van der Waals surface area contributed by atoms with Gasteiger partial charge in [0.05, 0.1) is 23.9 Å². The maximum absolute atomic E-state index is 13.0. The number of Topliss-reactive ketones (excluding diaryl/α,β-unsaturated/α-hetero) is 1. The molecule has 0 spiro atoms. The van der Waals surface area contributed by atoms with E-state index in [1.54, 1.807) is 32.2 Å². The fourth-order valence-electron chi connectivity index (χ4n) is 2.82. The highest BCUT2D eigenvalue weighted by Gasteiger charge is 2.42. The van der Waals surface area contributed by atoms with Crippen LogP contribution < -0.4 is 4.74 Å². The Bertz CT molecular complexity index is 763. The molecule has 0 saturated carbocycles. The highest BCUT2D eigenvalue weighted by molar-refractivity contribution is 6.29. The molecule has 0 N–H and O–H groups in total. The first-order valence-electron chi connectivity index (χ1n) is 7.04. The van der Waals surface area contributed by atoms with Gasteiger partial charge < -0.3 is 4.74 Å². The summed E-state index contributed by atoms with van der Waals surface area (Å²) in [6.07, 6.45) is 1.31. The second-order valence-electron chi connectivity index (χ2n) is 5.63. The summed E-state index contributed by atoms with van der Waals surface area (Å²) in [5.74, 6) is 1.07. The fraction of sp³-hybridized carbons (Fsp3) is 0.375. The van der Waals surface area contributed by atoms with Crippen LogP contribution in [0.2, 0.25) is 5.15 Å². The van der Waals surface area contributed by atoms with Gasteiger partial charge in [0.15, 0.2) is 5.78 Å². The van der Waals surface area contributed by atoms with E-state index in [4.69, 9.17) is 16.3 Å². The van der Waals surface area contributed by atoms with Gasteiger partial charge >= 0.3 is 0 Å². The molecule has 0 radical (unpaired) electrons. The summed E-state index contributed by atoms with van der Waals surface area (Å²) in [4.78, 5) is 25.9. The molecule has 5 nitrogen and oxygen atoms in total. The Balaban J connectivity index is 2.09. The number of pyridine rings is 1. The van der Waals surface area contributed by atoms with Crippen molar-refractivity contribution in [3.05, 3.63) is 46.1 Å². The zero-order valence-corrected chi connectivity index (χ0v) is 13.4. The average molecular weight is 318 g/mol. The van der Waals surface area contributed by atoms with Crippen molar-refractivity contribution in [2.75, 3.05) is 7.11 Å². The molecule has 1 unspecified atom stereocenters. The van der Waals surface area contributed by atoms with Gasteiger partial charge in [-0.15, -0.1) is 0 Å². The van der Waals surface area contributed by atoms with E-state index >= 15 is 0 Å². The van der Waals surface area contributed by atoms with Gasteiger partial charge in [-0.3, -0.25) is 4.79 Å². The third kappa shape index (κ3) is 2.35. The predicted octanol–water partition coefficient (Wildman–Crippen LogP) is 2.93. The van der Waals surface area contributed by atoms with E-state index in [1.807, 2.05) is 6.92 Å². The molecule has 114 valence electrons. The lowest BCUT2D eigenvalue weighted by Gasteiger charge is -2.32. The topological polar surface area (TPSA) is 65.0 Å².